The van der Waals surface area contributed by atoms with Crippen molar-refractivity contribution in [1.29, 1.82) is 0 Å². The molecule has 1 aliphatic heterocycles. The van der Waals surface area contributed by atoms with Crippen LogP contribution in [0.4, 0.5) is 11.5 Å². The van der Waals surface area contributed by atoms with Crippen molar-refractivity contribution in [1.82, 2.24) is 14.1 Å². The number of ether oxygens (including phenoxy) is 1. The second kappa shape index (κ2) is 11.4. The summed E-state index contributed by atoms with van der Waals surface area (Å²) in [7, 11) is 0. The first kappa shape index (κ1) is 25.1. The molecule has 0 fully saturated rings. The van der Waals surface area contributed by atoms with E-state index in [1.165, 1.54) is 15.7 Å². The van der Waals surface area contributed by atoms with Crippen molar-refractivity contribution < 1.29 is 28.2 Å². The number of anilines is 2. The maximum atomic E-state index is 8.20. The molecule has 0 unspecified atom stereocenters. The normalized spacial score (nSPS) is 14.6. The number of aryl methyl sites for hydroxylation is 2. The fourth-order valence-electron chi connectivity index (χ4n) is 5.79. The van der Waals surface area contributed by atoms with Crippen molar-refractivity contribution in [3.8, 4) is 28.3 Å². The van der Waals surface area contributed by atoms with Crippen LogP contribution in [-0.4, -0.2) is 20.7 Å². The van der Waals surface area contributed by atoms with Gasteiger partial charge in [0.25, 0.3) is 0 Å². The van der Waals surface area contributed by atoms with Gasteiger partial charge in [-0.05, 0) is 17.0 Å². The average Bonchev–Trinajstić information content (AvgIpc) is 3.36. The molecule has 0 radical (unpaired) electrons. The molecular formula is C38H34N4OPt-2. The first-order valence-electron chi connectivity index (χ1n) is 16.3. The quantitative estimate of drug-likeness (QED) is 0.165. The molecule has 0 N–H and O–H groups in total. The van der Waals surface area contributed by atoms with Crippen molar-refractivity contribution >= 4 is 22.5 Å². The Hall–Kier alpha value is -4.21. The Kier molecular flexibility index (Phi) is 6.50. The van der Waals surface area contributed by atoms with E-state index in [0.717, 1.165) is 47.5 Å². The van der Waals surface area contributed by atoms with Crippen molar-refractivity contribution in [2.24, 2.45) is 6.98 Å². The third-order valence-corrected chi connectivity index (χ3v) is 9.10. The van der Waals surface area contributed by atoms with Crippen LogP contribution in [0.1, 0.15) is 42.4 Å². The summed E-state index contributed by atoms with van der Waals surface area (Å²) in [5.74, 6) is 1.99. The number of para-hydroxylation sites is 2. The number of imidazole rings is 1. The first-order valence-corrected chi connectivity index (χ1v) is 15.9. The van der Waals surface area contributed by atoms with Crippen LogP contribution in [0, 0.1) is 15.9 Å². The van der Waals surface area contributed by atoms with E-state index in [0.29, 0.717) is 26.5 Å². The van der Waals surface area contributed by atoms with E-state index in [4.69, 9.17) is 13.8 Å². The van der Waals surface area contributed by atoms with E-state index in [1.54, 1.807) is 0 Å². The first-order chi connectivity index (χ1) is 22.5. The number of hydrogen-bond acceptors (Lipinski definition) is 3. The van der Waals surface area contributed by atoms with Gasteiger partial charge in [-0.1, -0.05) is 20.8 Å². The molecule has 3 heterocycles. The summed E-state index contributed by atoms with van der Waals surface area (Å²) in [5.41, 5.74) is 7.44. The Balaban J connectivity index is 1.35. The minimum absolute atomic E-state index is 0.00201. The molecule has 6 aromatic rings. The van der Waals surface area contributed by atoms with Crippen molar-refractivity contribution in [3.63, 3.8) is 0 Å². The number of benzene rings is 4. The third kappa shape index (κ3) is 5.24. The molecule has 0 saturated heterocycles. The molecule has 5 nitrogen and oxygen atoms in total. The molecule has 0 amide bonds. The van der Waals surface area contributed by atoms with Gasteiger partial charge in [-0.25, -0.2) is 0 Å². The zero-order valence-corrected chi connectivity index (χ0v) is 27.1. The van der Waals surface area contributed by atoms with Gasteiger partial charge in [-0.2, -0.15) is 0 Å². The summed E-state index contributed by atoms with van der Waals surface area (Å²) >= 11 is 2.08. The Morgan fingerprint density at radius 3 is 2.50 bits per heavy atom. The molecule has 7 rings (SSSR count). The van der Waals surface area contributed by atoms with Crippen LogP contribution in [0.25, 0.3) is 27.8 Å². The Labute approximate surface area is 274 Å². The molecule has 2 aromatic heterocycles. The molecule has 224 valence electrons. The van der Waals surface area contributed by atoms with Crippen LogP contribution in [0.3, 0.4) is 0 Å². The SMILES string of the molecule is [2H]C([2H])([2H])n1[c](=[Pt])n(-c2[c-]c(Oc3[c-]c4c(cc3-c3ccccc3)CCCN4c3cc(C(C)(C)C)ccn3)ccc2)c2ccccc21. The van der Waals surface area contributed by atoms with E-state index in [-0.39, 0.29) is 5.41 Å². The van der Waals surface area contributed by atoms with Gasteiger partial charge in [0, 0.05) is 6.20 Å². The van der Waals surface area contributed by atoms with E-state index in [9.17, 15) is 0 Å². The number of fused-ring (bicyclic) bond motifs is 2. The second-order valence-corrected chi connectivity index (χ2v) is 13.1. The summed E-state index contributed by atoms with van der Waals surface area (Å²) in [6.07, 6.45) is 3.83. The molecule has 0 bridgehead atoms. The molecule has 0 atom stereocenters. The molecule has 4 aromatic carbocycles. The van der Waals surface area contributed by atoms with Crippen molar-refractivity contribution in [2.75, 3.05) is 11.4 Å². The second-order valence-electron chi connectivity index (χ2n) is 12.1. The maximum absolute atomic E-state index is 8.20. The summed E-state index contributed by atoms with van der Waals surface area (Å²) in [5, 5.41) is 0. The summed E-state index contributed by atoms with van der Waals surface area (Å²) in [6.45, 7) is 5.13. The number of aromatic nitrogens is 3. The Morgan fingerprint density at radius 1 is 0.909 bits per heavy atom. The van der Waals surface area contributed by atoms with Gasteiger partial charge >= 0.3 is 231 Å². The zero-order valence-electron chi connectivity index (χ0n) is 27.9. The molecular weight excluding hydrogens is 724 g/mol. The molecule has 0 spiro atoms. The minimum atomic E-state index is -2.34. The molecule has 44 heavy (non-hydrogen) atoms. The van der Waals surface area contributed by atoms with Crippen LogP contribution >= 0.6 is 0 Å². The van der Waals surface area contributed by atoms with Gasteiger partial charge < -0.3 is 0 Å². The fraction of sp³-hybridized carbons (Fsp3) is 0.211. The van der Waals surface area contributed by atoms with E-state index in [2.05, 4.69) is 87.5 Å². The standard InChI is InChI=1S/C38H34N4O.Pt/c1-38(2,3)29-19-20-39-37(23-29)41-21-11-14-28-22-32(27-12-6-5-7-13-27)36(25-35(28)41)43-31-16-10-15-30(24-31)42-26-40(4)33-17-8-9-18-34(33)42;/h5-10,12-13,15-20,22-23H,11,14,21H2,1-4H3;/q-2;/i4D3;. The van der Waals surface area contributed by atoms with Gasteiger partial charge in [0.15, 0.2) is 0 Å². The molecule has 6 heteroatoms. The fourth-order valence-corrected chi connectivity index (χ4v) is 6.61. The van der Waals surface area contributed by atoms with E-state index < -0.39 is 6.98 Å². The zero-order chi connectivity index (χ0) is 32.9. The topological polar surface area (TPSA) is 35.2 Å². The number of rotatable bonds is 5. The van der Waals surface area contributed by atoms with Gasteiger partial charge in [0.05, 0.1) is 0 Å². The summed E-state index contributed by atoms with van der Waals surface area (Å²) < 4.78 is 35.1. The van der Waals surface area contributed by atoms with Crippen LogP contribution in [0.15, 0.2) is 97.2 Å². The Bertz CT molecular complexity index is 2160. The third-order valence-electron chi connectivity index (χ3n) is 8.08. The van der Waals surface area contributed by atoms with Crippen molar-refractivity contribution in [3.05, 3.63) is 124 Å². The predicted molar refractivity (Wildman–Crippen MR) is 173 cm³/mol. The van der Waals surface area contributed by atoms with E-state index >= 15 is 0 Å². The molecule has 1 aliphatic rings. The average molecular weight is 761 g/mol. The van der Waals surface area contributed by atoms with Crippen molar-refractivity contribution in [2.45, 2.75) is 39.0 Å². The summed E-state index contributed by atoms with van der Waals surface area (Å²) in [4.78, 5) is 7.03. The number of hydrogen-bond donors (Lipinski definition) is 0. The van der Waals surface area contributed by atoms with Gasteiger partial charge in [-0.15, -0.1) is 0 Å². The van der Waals surface area contributed by atoms with Gasteiger partial charge in [0.2, 0.25) is 0 Å². The monoisotopic (exact) mass is 760 g/mol. The number of pyridine rings is 1. The molecule has 0 aliphatic carbocycles. The van der Waals surface area contributed by atoms with E-state index in [1.807, 2.05) is 71.4 Å². The predicted octanol–water partition coefficient (Wildman–Crippen LogP) is 8.88. The number of nitrogens with zero attached hydrogens (tertiary/aromatic N) is 4. The summed E-state index contributed by atoms with van der Waals surface area (Å²) in [6, 6.07) is 37.0. The molecule has 0 saturated carbocycles. The van der Waals surface area contributed by atoms with Crippen LogP contribution in [0.5, 0.6) is 11.5 Å². The van der Waals surface area contributed by atoms with Crippen LogP contribution in [0.2, 0.25) is 0 Å². The van der Waals surface area contributed by atoms with Crippen LogP contribution in [-0.2, 0) is 38.2 Å². The van der Waals surface area contributed by atoms with Gasteiger partial charge in [0.1, 0.15) is 0 Å². The Morgan fingerprint density at radius 2 is 1.70 bits per heavy atom. The van der Waals surface area contributed by atoms with Gasteiger partial charge in [-0.3, -0.25) is 0 Å². The van der Waals surface area contributed by atoms with Crippen LogP contribution < -0.4 is 9.64 Å².